The Morgan fingerprint density at radius 3 is 2.50 bits per heavy atom. The number of ether oxygens (including phenoxy) is 1. The number of carbonyl (C=O) groups is 1. The third kappa shape index (κ3) is 5.53. The van der Waals surface area contributed by atoms with Gasteiger partial charge in [0.25, 0.3) is 0 Å². The fraction of sp³-hybridized carbons (Fsp3) is 0.562. The molecular formula is C16H24BrNO2. The number of rotatable bonds is 8. The van der Waals surface area contributed by atoms with Crippen LogP contribution in [0.3, 0.4) is 0 Å². The van der Waals surface area contributed by atoms with E-state index in [4.69, 9.17) is 4.74 Å². The molecule has 0 aliphatic carbocycles. The molecule has 0 aromatic heterocycles. The van der Waals surface area contributed by atoms with Gasteiger partial charge in [-0.25, -0.2) is 0 Å². The van der Waals surface area contributed by atoms with Crippen molar-refractivity contribution in [3.8, 4) is 5.75 Å². The van der Waals surface area contributed by atoms with Gasteiger partial charge in [-0.15, -0.1) is 0 Å². The molecule has 0 spiro atoms. The monoisotopic (exact) mass is 341 g/mol. The minimum Gasteiger partial charge on any atom is -0.497 e. The molecule has 4 heteroatoms. The van der Waals surface area contributed by atoms with Crippen LogP contribution in [-0.4, -0.2) is 23.9 Å². The molecule has 1 amide bonds. The number of halogens is 1. The summed E-state index contributed by atoms with van der Waals surface area (Å²) in [6.45, 7) is 4.20. The second-order valence-electron chi connectivity index (χ2n) is 5.25. The van der Waals surface area contributed by atoms with Crippen molar-refractivity contribution in [2.75, 3.05) is 12.4 Å². The van der Waals surface area contributed by atoms with E-state index in [1.165, 1.54) is 0 Å². The molecule has 1 aromatic rings. The lowest BCUT2D eigenvalue weighted by Gasteiger charge is -2.29. The molecule has 0 saturated carbocycles. The molecule has 0 aliphatic rings. The fourth-order valence-electron chi connectivity index (χ4n) is 1.99. The molecular weight excluding hydrogens is 318 g/mol. The van der Waals surface area contributed by atoms with Gasteiger partial charge in [0, 0.05) is 17.3 Å². The first-order valence-corrected chi connectivity index (χ1v) is 8.15. The number of aryl methyl sites for hydroxylation is 1. The average Bonchev–Trinajstić information content (AvgIpc) is 2.46. The quantitative estimate of drug-likeness (QED) is 0.732. The number of hydrogen-bond acceptors (Lipinski definition) is 2. The van der Waals surface area contributed by atoms with Crippen LogP contribution in [0.15, 0.2) is 24.3 Å². The molecule has 20 heavy (non-hydrogen) atoms. The van der Waals surface area contributed by atoms with Crippen LogP contribution >= 0.6 is 15.9 Å². The highest BCUT2D eigenvalue weighted by molar-refractivity contribution is 9.09. The maximum Gasteiger partial charge on any atom is 0.220 e. The van der Waals surface area contributed by atoms with E-state index in [1.807, 2.05) is 24.3 Å². The van der Waals surface area contributed by atoms with Gasteiger partial charge < -0.3 is 10.1 Å². The number of methoxy groups -OCH3 is 1. The Labute approximate surface area is 130 Å². The summed E-state index contributed by atoms with van der Waals surface area (Å²) in [4.78, 5) is 12.0. The SMILES string of the molecule is CCC(C)(CCBr)NC(=O)CCc1ccc(OC)cc1. The highest BCUT2D eigenvalue weighted by Crippen LogP contribution is 2.17. The molecule has 3 nitrogen and oxygen atoms in total. The average molecular weight is 342 g/mol. The van der Waals surface area contributed by atoms with E-state index in [-0.39, 0.29) is 11.4 Å². The number of amides is 1. The van der Waals surface area contributed by atoms with Crippen LogP contribution in [0.2, 0.25) is 0 Å². The summed E-state index contributed by atoms with van der Waals surface area (Å²) in [5.74, 6) is 0.959. The molecule has 1 unspecified atom stereocenters. The summed E-state index contributed by atoms with van der Waals surface area (Å²) in [5, 5.41) is 4.04. The normalized spacial score (nSPS) is 13.6. The summed E-state index contributed by atoms with van der Waals surface area (Å²) in [7, 11) is 1.65. The van der Waals surface area contributed by atoms with E-state index < -0.39 is 0 Å². The lowest BCUT2D eigenvalue weighted by molar-refractivity contribution is -0.122. The molecule has 0 bridgehead atoms. The third-order valence-electron chi connectivity index (χ3n) is 3.67. The fourth-order valence-corrected chi connectivity index (χ4v) is 2.86. The van der Waals surface area contributed by atoms with E-state index in [0.29, 0.717) is 6.42 Å². The van der Waals surface area contributed by atoms with Crippen molar-refractivity contribution < 1.29 is 9.53 Å². The van der Waals surface area contributed by atoms with Gasteiger partial charge in [-0.2, -0.15) is 0 Å². The molecule has 1 N–H and O–H groups in total. The van der Waals surface area contributed by atoms with Crippen LogP contribution in [0.5, 0.6) is 5.75 Å². The molecule has 112 valence electrons. The molecule has 0 aliphatic heterocycles. The van der Waals surface area contributed by atoms with Gasteiger partial charge >= 0.3 is 0 Å². The number of carbonyl (C=O) groups excluding carboxylic acids is 1. The minimum atomic E-state index is -0.111. The van der Waals surface area contributed by atoms with Crippen LogP contribution in [0.1, 0.15) is 38.7 Å². The molecule has 1 aromatic carbocycles. The molecule has 1 atom stereocenters. The van der Waals surface area contributed by atoms with Crippen molar-refractivity contribution in [2.45, 2.75) is 45.1 Å². The first kappa shape index (κ1) is 17.0. The summed E-state index contributed by atoms with van der Waals surface area (Å²) in [6.07, 6.45) is 3.15. The maximum atomic E-state index is 12.0. The summed E-state index contributed by atoms with van der Waals surface area (Å²) in [6, 6.07) is 7.86. The van der Waals surface area contributed by atoms with Crippen molar-refractivity contribution in [1.82, 2.24) is 5.32 Å². The van der Waals surface area contributed by atoms with Gasteiger partial charge in [0.05, 0.1) is 7.11 Å². The Morgan fingerprint density at radius 1 is 1.35 bits per heavy atom. The standard InChI is InChI=1S/C16H24BrNO2/c1-4-16(2,11-12-17)18-15(19)10-7-13-5-8-14(20-3)9-6-13/h5-6,8-9H,4,7,10-12H2,1-3H3,(H,18,19). The lowest BCUT2D eigenvalue weighted by atomic mass is 9.95. The zero-order chi connectivity index (χ0) is 15.0. The molecule has 0 heterocycles. The van der Waals surface area contributed by atoms with Crippen molar-refractivity contribution in [2.24, 2.45) is 0 Å². The Morgan fingerprint density at radius 2 is 2.00 bits per heavy atom. The Bertz CT molecular complexity index is 419. The largest absolute Gasteiger partial charge is 0.497 e. The highest BCUT2D eigenvalue weighted by atomic mass is 79.9. The number of benzene rings is 1. The minimum absolute atomic E-state index is 0.111. The van der Waals surface area contributed by atoms with E-state index >= 15 is 0 Å². The van der Waals surface area contributed by atoms with Gasteiger partial charge in [0.1, 0.15) is 5.75 Å². The van der Waals surface area contributed by atoms with Gasteiger partial charge in [0.2, 0.25) is 5.91 Å². The van der Waals surface area contributed by atoms with Crippen molar-refractivity contribution >= 4 is 21.8 Å². The van der Waals surface area contributed by atoms with Gasteiger partial charge in [-0.3, -0.25) is 4.79 Å². The topological polar surface area (TPSA) is 38.3 Å². The highest BCUT2D eigenvalue weighted by Gasteiger charge is 2.22. The van der Waals surface area contributed by atoms with E-state index in [0.717, 1.165) is 35.9 Å². The van der Waals surface area contributed by atoms with Gasteiger partial charge in [-0.05, 0) is 43.9 Å². The molecule has 0 saturated heterocycles. The first-order chi connectivity index (χ1) is 9.53. The Hall–Kier alpha value is -1.03. The van der Waals surface area contributed by atoms with Crippen molar-refractivity contribution in [3.05, 3.63) is 29.8 Å². The van der Waals surface area contributed by atoms with Crippen LogP contribution in [0.25, 0.3) is 0 Å². The van der Waals surface area contributed by atoms with E-state index in [2.05, 4.69) is 35.1 Å². The smallest absolute Gasteiger partial charge is 0.220 e. The molecule has 1 rings (SSSR count). The lowest BCUT2D eigenvalue weighted by Crippen LogP contribution is -2.45. The van der Waals surface area contributed by atoms with Crippen LogP contribution in [0.4, 0.5) is 0 Å². The number of hydrogen-bond donors (Lipinski definition) is 1. The summed E-state index contributed by atoms with van der Waals surface area (Å²) < 4.78 is 5.12. The predicted octanol–water partition coefficient (Wildman–Crippen LogP) is 3.70. The van der Waals surface area contributed by atoms with E-state index in [9.17, 15) is 4.79 Å². The summed E-state index contributed by atoms with van der Waals surface area (Å²) >= 11 is 3.44. The second kappa shape index (κ2) is 8.30. The van der Waals surface area contributed by atoms with Crippen LogP contribution < -0.4 is 10.1 Å². The Balaban J connectivity index is 2.45. The number of nitrogens with one attached hydrogen (secondary N) is 1. The maximum absolute atomic E-state index is 12.0. The van der Waals surface area contributed by atoms with Crippen molar-refractivity contribution in [1.29, 1.82) is 0 Å². The molecule has 0 radical (unpaired) electrons. The van der Waals surface area contributed by atoms with Gasteiger partial charge in [-0.1, -0.05) is 35.0 Å². The van der Waals surface area contributed by atoms with Crippen molar-refractivity contribution in [3.63, 3.8) is 0 Å². The van der Waals surface area contributed by atoms with E-state index in [1.54, 1.807) is 7.11 Å². The zero-order valence-corrected chi connectivity index (χ0v) is 14.1. The van der Waals surface area contributed by atoms with Crippen LogP contribution in [0, 0.1) is 0 Å². The Kier molecular flexibility index (Phi) is 7.06. The first-order valence-electron chi connectivity index (χ1n) is 7.03. The molecule has 0 fully saturated rings. The second-order valence-corrected chi connectivity index (χ2v) is 6.04. The van der Waals surface area contributed by atoms with Crippen LogP contribution in [-0.2, 0) is 11.2 Å². The predicted molar refractivity (Wildman–Crippen MR) is 86.6 cm³/mol. The summed E-state index contributed by atoms with van der Waals surface area (Å²) in [5.41, 5.74) is 1.04. The number of alkyl halides is 1. The zero-order valence-electron chi connectivity index (χ0n) is 12.5. The van der Waals surface area contributed by atoms with Gasteiger partial charge in [0.15, 0.2) is 0 Å². The third-order valence-corrected chi connectivity index (χ3v) is 4.06.